The number of nitroso groups, excluding NO2 is 1. The van der Waals surface area contributed by atoms with E-state index < -0.39 is 0 Å². The summed E-state index contributed by atoms with van der Waals surface area (Å²) in [6, 6.07) is 5.82. The van der Waals surface area contributed by atoms with Crippen LogP contribution in [-0.2, 0) is 0 Å². The molecule has 1 aromatic carbocycles. The van der Waals surface area contributed by atoms with Gasteiger partial charge in [0.05, 0.1) is 18.4 Å². The molecule has 1 N–H and O–H groups in total. The minimum Gasteiger partial charge on any atom is -0.497 e. The predicted molar refractivity (Wildman–Crippen MR) is 69.9 cm³/mol. The molecule has 0 saturated carbocycles. The van der Waals surface area contributed by atoms with E-state index in [-0.39, 0.29) is 6.04 Å². The van der Waals surface area contributed by atoms with Gasteiger partial charge in [0.25, 0.3) is 0 Å². The zero-order valence-electron chi connectivity index (χ0n) is 10.2. The lowest BCUT2D eigenvalue weighted by Crippen LogP contribution is -2.18. The molecule has 0 radical (unpaired) electrons. The number of nitrogens with one attached hydrogen (secondary N) is 1. The Balaban J connectivity index is 2.21. The summed E-state index contributed by atoms with van der Waals surface area (Å²) < 4.78 is 5.21. The fraction of sp³-hybridized carbons (Fsp3) is 0.231. The molecule has 1 atom stereocenters. The van der Waals surface area contributed by atoms with Crippen LogP contribution in [0.2, 0.25) is 0 Å². The monoisotopic (exact) mass is 243 g/mol. The van der Waals surface area contributed by atoms with E-state index in [0.717, 1.165) is 27.9 Å². The number of fused-ring (bicyclic) bond motifs is 3. The second-order valence-corrected chi connectivity index (χ2v) is 4.32. The zero-order valence-corrected chi connectivity index (χ0v) is 10.2. The Morgan fingerprint density at radius 2 is 2.28 bits per heavy atom. The molecule has 5 heteroatoms. The van der Waals surface area contributed by atoms with Crippen LogP contribution in [0, 0.1) is 4.91 Å². The highest BCUT2D eigenvalue weighted by Gasteiger charge is 2.23. The zero-order chi connectivity index (χ0) is 12.7. The summed E-state index contributed by atoms with van der Waals surface area (Å²) in [5, 5.41) is 5.51. The number of ether oxygens (including phenoxy) is 1. The molecule has 3 rings (SSSR count). The van der Waals surface area contributed by atoms with Crippen molar-refractivity contribution >= 4 is 17.0 Å². The van der Waals surface area contributed by atoms with Crippen molar-refractivity contribution in [2.45, 2.75) is 13.0 Å². The van der Waals surface area contributed by atoms with E-state index >= 15 is 0 Å². The molecule has 0 spiro atoms. The summed E-state index contributed by atoms with van der Waals surface area (Å²) in [6.07, 6.45) is 3.61. The maximum atomic E-state index is 10.7. The lowest BCUT2D eigenvalue weighted by molar-refractivity contribution is 0.302. The van der Waals surface area contributed by atoms with Gasteiger partial charge in [-0.25, -0.2) is 5.01 Å². The highest BCUT2D eigenvalue weighted by molar-refractivity contribution is 5.92. The molecule has 2 aromatic rings. The molecule has 1 aliphatic rings. The number of hydrogen-bond donors (Lipinski definition) is 1. The molecule has 0 fully saturated rings. The summed E-state index contributed by atoms with van der Waals surface area (Å²) in [6.45, 7) is 1.94. The normalized spacial score (nSPS) is 17.9. The quantitative estimate of drug-likeness (QED) is 0.824. The van der Waals surface area contributed by atoms with E-state index in [9.17, 15) is 4.91 Å². The lowest BCUT2D eigenvalue weighted by atomic mass is 10.0. The molecule has 2 heterocycles. The number of methoxy groups -OCH3 is 1. The Kier molecular flexibility index (Phi) is 2.33. The molecule has 0 amide bonds. The van der Waals surface area contributed by atoms with Crippen molar-refractivity contribution in [1.29, 1.82) is 0 Å². The molecule has 1 aromatic heterocycles. The van der Waals surface area contributed by atoms with Crippen LogP contribution in [0.1, 0.15) is 24.2 Å². The van der Waals surface area contributed by atoms with Crippen LogP contribution >= 0.6 is 0 Å². The Hall–Kier alpha value is -2.30. The summed E-state index contributed by atoms with van der Waals surface area (Å²) in [7, 11) is 1.64. The highest BCUT2D eigenvalue weighted by Crippen LogP contribution is 2.35. The van der Waals surface area contributed by atoms with Crippen molar-refractivity contribution < 1.29 is 4.74 Å². The van der Waals surface area contributed by atoms with Gasteiger partial charge < -0.3 is 9.72 Å². The molecule has 0 bridgehead atoms. The van der Waals surface area contributed by atoms with Gasteiger partial charge in [0, 0.05) is 34.4 Å². The Morgan fingerprint density at radius 1 is 1.44 bits per heavy atom. The van der Waals surface area contributed by atoms with E-state index in [1.807, 2.05) is 31.2 Å². The first-order valence-electron chi connectivity index (χ1n) is 5.74. The smallest absolute Gasteiger partial charge is 0.120 e. The largest absolute Gasteiger partial charge is 0.497 e. The fourth-order valence-corrected chi connectivity index (χ4v) is 2.37. The van der Waals surface area contributed by atoms with Crippen LogP contribution in [0.3, 0.4) is 0 Å². The minimum atomic E-state index is -0.0825. The van der Waals surface area contributed by atoms with E-state index in [1.165, 1.54) is 5.01 Å². The molecule has 0 saturated heterocycles. The first-order valence-corrected chi connectivity index (χ1v) is 5.74. The van der Waals surface area contributed by atoms with E-state index in [1.54, 1.807) is 13.3 Å². The van der Waals surface area contributed by atoms with Crippen LogP contribution in [0.15, 0.2) is 29.7 Å². The third kappa shape index (κ3) is 1.40. The Bertz CT molecular complexity index is 645. The van der Waals surface area contributed by atoms with Crippen molar-refractivity contribution in [3.05, 3.63) is 40.6 Å². The first kappa shape index (κ1) is 10.8. The van der Waals surface area contributed by atoms with Gasteiger partial charge in [0.15, 0.2) is 0 Å². The molecule has 5 nitrogen and oxygen atoms in total. The SMILES string of the molecule is COc1ccc2c3c([nH]c2c1)C(C)N(N=O)C=C3. The second kappa shape index (κ2) is 3.87. The van der Waals surface area contributed by atoms with Crippen molar-refractivity contribution in [3.63, 3.8) is 0 Å². The number of aromatic nitrogens is 1. The second-order valence-electron chi connectivity index (χ2n) is 4.32. The molecule has 0 aliphatic carbocycles. The van der Waals surface area contributed by atoms with Crippen LogP contribution < -0.4 is 4.74 Å². The van der Waals surface area contributed by atoms with E-state index in [0.29, 0.717) is 0 Å². The van der Waals surface area contributed by atoms with Gasteiger partial charge in [-0.15, -0.1) is 4.91 Å². The third-order valence-corrected chi connectivity index (χ3v) is 3.38. The average molecular weight is 243 g/mol. The van der Waals surface area contributed by atoms with Crippen molar-refractivity contribution in [1.82, 2.24) is 9.99 Å². The van der Waals surface area contributed by atoms with Crippen molar-refractivity contribution in [2.75, 3.05) is 7.11 Å². The van der Waals surface area contributed by atoms with Gasteiger partial charge in [0.2, 0.25) is 0 Å². The minimum absolute atomic E-state index is 0.0825. The van der Waals surface area contributed by atoms with Crippen LogP contribution in [-0.4, -0.2) is 17.1 Å². The number of aromatic amines is 1. The topological polar surface area (TPSA) is 57.7 Å². The predicted octanol–water partition coefficient (Wildman–Crippen LogP) is 3.21. The lowest BCUT2D eigenvalue weighted by Gasteiger charge is -2.22. The van der Waals surface area contributed by atoms with Crippen LogP contribution in [0.4, 0.5) is 0 Å². The average Bonchev–Trinajstić information content (AvgIpc) is 2.77. The molecule has 1 aliphatic heterocycles. The summed E-state index contributed by atoms with van der Waals surface area (Å²) in [4.78, 5) is 14.0. The summed E-state index contributed by atoms with van der Waals surface area (Å²) >= 11 is 0. The van der Waals surface area contributed by atoms with Gasteiger partial charge in [-0.1, -0.05) is 0 Å². The Morgan fingerprint density at radius 3 is 3.00 bits per heavy atom. The molecule has 92 valence electrons. The van der Waals surface area contributed by atoms with Gasteiger partial charge in [-0.3, -0.25) is 0 Å². The van der Waals surface area contributed by atoms with Gasteiger partial charge in [-0.05, 0) is 25.1 Å². The molecule has 18 heavy (non-hydrogen) atoms. The number of benzene rings is 1. The van der Waals surface area contributed by atoms with Gasteiger partial charge in [0.1, 0.15) is 5.75 Å². The summed E-state index contributed by atoms with van der Waals surface area (Å²) in [5.41, 5.74) is 3.11. The third-order valence-electron chi connectivity index (χ3n) is 3.38. The Labute approximate surface area is 104 Å². The van der Waals surface area contributed by atoms with Crippen molar-refractivity contribution in [2.24, 2.45) is 5.29 Å². The van der Waals surface area contributed by atoms with Crippen molar-refractivity contribution in [3.8, 4) is 5.75 Å². The summed E-state index contributed by atoms with van der Waals surface area (Å²) in [5.74, 6) is 0.808. The standard InChI is InChI=1S/C13H13N3O2/c1-8-13-11(5-6-16(8)15-17)10-4-3-9(18-2)7-12(10)14-13/h3-8,14H,1-2H3. The van der Waals surface area contributed by atoms with E-state index in [4.69, 9.17) is 4.74 Å². The fourth-order valence-electron chi connectivity index (χ4n) is 2.37. The van der Waals surface area contributed by atoms with Gasteiger partial charge in [-0.2, -0.15) is 0 Å². The molecule has 1 unspecified atom stereocenters. The number of H-pyrrole nitrogens is 1. The maximum Gasteiger partial charge on any atom is 0.120 e. The van der Waals surface area contributed by atoms with Crippen LogP contribution in [0.5, 0.6) is 5.75 Å². The number of hydrogen-bond acceptors (Lipinski definition) is 3. The molecular formula is C13H13N3O2. The maximum absolute atomic E-state index is 10.7. The van der Waals surface area contributed by atoms with Gasteiger partial charge >= 0.3 is 0 Å². The number of nitrogens with zero attached hydrogens (tertiary/aromatic N) is 2. The first-order chi connectivity index (χ1) is 8.74. The highest BCUT2D eigenvalue weighted by atomic mass is 16.5. The van der Waals surface area contributed by atoms with Crippen LogP contribution in [0.25, 0.3) is 17.0 Å². The van der Waals surface area contributed by atoms with E-state index in [2.05, 4.69) is 10.3 Å². The molecular weight excluding hydrogens is 230 g/mol. The number of rotatable bonds is 2.